The van der Waals surface area contributed by atoms with Crippen molar-refractivity contribution in [1.82, 2.24) is 9.97 Å². The number of aromatic amines is 1. The summed E-state index contributed by atoms with van der Waals surface area (Å²) >= 11 is 0. The largest absolute Gasteiger partial charge is 0.361 e. The van der Waals surface area contributed by atoms with Gasteiger partial charge in [-0.15, -0.1) is 0 Å². The normalized spacial score (nSPS) is 10.7. The van der Waals surface area contributed by atoms with Crippen LogP contribution in [-0.2, 0) is 0 Å². The lowest BCUT2D eigenvalue weighted by Crippen LogP contribution is -1.87. The standard InChI is InChI=1S/C8H7FN2/c1-5-7-6(2-3-10-7)4-11-8(5)9/h2-4,10H,1H3. The number of aryl methyl sites for hydroxylation is 1. The molecule has 0 radical (unpaired) electrons. The van der Waals surface area contributed by atoms with E-state index in [-0.39, 0.29) is 0 Å². The molecule has 0 fully saturated rings. The summed E-state index contributed by atoms with van der Waals surface area (Å²) in [5.41, 5.74) is 1.41. The van der Waals surface area contributed by atoms with Gasteiger partial charge < -0.3 is 4.98 Å². The summed E-state index contributed by atoms with van der Waals surface area (Å²) < 4.78 is 12.8. The Balaban J connectivity index is 2.93. The van der Waals surface area contributed by atoms with Crippen LogP contribution < -0.4 is 0 Å². The summed E-state index contributed by atoms with van der Waals surface area (Å²) in [5, 5.41) is 0.948. The molecular weight excluding hydrogens is 143 g/mol. The zero-order valence-corrected chi connectivity index (χ0v) is 6.06. The van der Waals surface area contributed by atoms with Gasteiger partial charge in [-0.2, -0.15) is 4.39 Å². The highest BCUT2D eigenvalue weighted by atomic mass is 19.1. The van der Waals surface area contributed by atoms with Crippen molar-refractivity contribution >= 4 is 10.9 Å². The Kier molecular flexibility index (Phi) is 1.18. The molecule has 0 unspecified atom stereocenters. The minimum Gasteiger partial charge on any atom is -0.361 e. The molecule has 0 aliphatic carbocycles. The molecule has 0 saturated heterocycles. The molecule has 0 saturated carbocycles. The van der Waals surface area contributed by atoms with E-state index in [0.717, 1.165) is 10.9 Å². The lowest BCUT2D eigenvalue weighted by molar-refractivity contribution is 0.577. The lowest BCUT2D eigenvalue weighted by atomic mass is 10.2. The van der Waals surface area contributed by atoms with E-state index in [0.29, 0.717) is 5.56 Å². The zero-order valence-electron chi connectivity index (χ0n) is 6.06. The second-order valence-corrected chi connectivity index (χ2v) is 2.48. The molecule has 2 rings (SSSR count). The Hall–Kier alpha value is -1.38. The Bertz CT molecular complexity index is 392. The van der Waals surface area contributed by atoms with E-state index >= 15 is 0 Å². The quantitative estimate of drug-likeness (QED) is 0.572. The zero-order chi connectivity index (χ0) is 7.84. The summed E-state index contributed by atoms with van der Waals surface area (Å²) in [6.07, 6.45) is 3.30. The van der Waals surface area contributed by atoms with E-state index < -0.39 is 5.95 Å². The number of nitrogens with zero attached hydrogens (tertiary/aromatic N) is 1. The van der Waals surface area contributed by atoms with Crippen LogP contribution in [0.15, 0.2) is 18.5 Å². The van der Waals surface area contributed by atoms with E-state index in [4.69, 9.17) is 0 Å². The molecule has 56 valence electrons. The predicted octanol–water partition coefficient (Wildman–Crippen LogP) is 2.01. The van der Waals surface area contributed by atoms with Gasteiger partial charge >= 0.3 is 0 Å². The van der Waals surface area contributed by atoms with Crippen molar-refractivity contribution in [3.05, 3.63) is 30.0 Å². The van der Waals surface area contributed by atoms with Crippen molar-refractivity contribution in [1.29, 1.82) is 0 Å². The average molecular weight is 150 g/mol. The van der Waals surface area contributed by atoms with Gasteiger partial charge in [0.05, 0.1) is 5.52 Å². The number of aromatic nitrogens is 2. The van der Waals surface area contributed by atoms with Crippen LogP contribution in [-0.4, -0.2) is 9.97 Å². The molecule has 2 aromatic heterocycles. The number of fused-ring (bicyclic) bond motifs is 1. The van der Waals surface area contributed by atoms with Gasteiger partial charge in [-0.25, -0.2) is 4.98 Å². The molecule has 1 N–H and O–H groups in total. The fraction of sp³-hybridized carbons (Fsp3) is 0.125. The molecular formula is C8H7FN2. The smallest absolute Gasteiger partial charge is 0.217 e. The fourth-order valence-electron chi connectivity index (χ4n) is 1.14. The average Bonchev–Trinajstić information content (AvgIpc) is 2.45. The van der Waals surface area contributed by atoms with Crippen molar-refractivity contribution in [3.8, 4) is 0 Å². The summed E-state index contributed by atoms with van der Waals surface area (Å²) in [5.74, 6) is -0.403. The Morgan fingerprint density at radius 2 is 2.36 bits per heavy atom. The van der Waals surface area contributed by atoms with Crippen LogP contribution in [0.1, 0.15) is 5.56 Å². The van der Waals surface area contributed by atoms with Gasteiger partial charge in [0.15, 0.2) is 0 Å². The number of hydrogen-bond donors (Lipinski definition) is 1. The van der Waals surface area contributed by atoms with E-state index in [9.17, 15) is 4.39 Å². The number of H-pyrrole nitrogens is 1. The van der Waals surface area contributed by atoms with E-state index in [1.165, 1.54) is 6.20 Å². The molecule has 11 heavy (non-hydrogen) atoms. The summed E-state index contributed by atoms with van der Waals surface area (Å²) in [6.45, 7) is 1.71. The maximum absolute atomic E-state index is 12.8. The Morgan fingerprint density at radius 1 is 1.55 bits per heavy atom. The second-order valence-electron chi connectivity index (χ2n) is 2.48. The highest BCUT2D eigenvalue weighted by Gasteiger charge is 2.03. The lowest BCUT2D eigenvalue weighted by Gasteiger charge is -1.95. The Morgan fingerprint density at radius 3 is 3.18 bits per heavy atom. The van der Waals surface area contributed by atoms with Crippen LogP contribution in [0.5, 0.6) is 0 Å². The molecule has 3 heteroatoms. The van der Waals surface area contributed by atoms with Crippen molar-refractivity contribution in [3.63, 3.8) is 0 Å². The molecule has 0 aromatic carbocycles. The third-order valence-electron chi connectivity index (χ3n) is 1.78. The fourth-order valence-corrected chi connectivity index (χ4v) is 1.14. The second kappa shape index (κ2) is 2.05. The summed E-state index contributed by atoms with van der Waals surface area (Å²) in [6, 6.07) is 1.87. The Labute approximate surface area is 63.1 Å². The first kappa shape index (κ1) is 6.34. The van der Waals surface area contributed by atoms with Crippen molar-refractivity contribution in [2.24, 2.45) is 0 Å². The first-order chi connectivity index (χ1) is 5.29. The summed E-state index contributed by atoms with van der Waals surface area (Å²) in [7, 11) is 0. The summed E-state index contributed by atoms with van der Waals surface area (Å²) in [4.78, 5) is 6.54. The predicted molar refractivity (Wildman–Crippen MR) is 40.8 cm³/mol. The molecule has 0 bridgehead atoms. The van der Waals surface area contributed by atoms with Gasteiger partial charge in [0.2, 0.25) is 5.95 Å². The minimum atomic E-state index is -0.403. The maximum Gasteiger partial charge on any atom is 0.217 e. The molecule has 0 aliphatic heterocycles. The highest BCUT2D eigenvalue weighted by Crippen LogP contribution is 2.16. The number of hydrogen-bond acceptors (Lipinski definition) is 1. The van der Waals surface area contributed by atoms with Crippen LogP contribution in [0, 0.1) is 12.9 Å². The van der Waals surface area contributed by atoms with Crippen molar-refractivity contribution in [2.75, 3.05) is 0 Å². The van der Waals surface area contributed by atoms with Gasteiger partial charge in [-0.3, -0.25) is 0 Å². The van der Waals surface area contributed by atoms with E-state index in [2.05, 4.69) is 9.97 Å². The SMILES string of the molecule is Cc1c(F)ncc2cc[nH]c12. The van der Waals surface area contributed by atoms with Gasteiger partial charge in [0, 0.05) is 23.3 Å². The van der Waals surface area contributed by atoms with Crippen LogP contribution in [0.4, 0.5) is 4.39 Å². The molecule has 2 nitrogen and oxygen atoms in total. The van der Waals surface area contributed by atoms with Crippen LogP contribution in [0.3, 0.4) is 0 Å². The topological polar surface area (TPSA) is 28.7 Å². The van der Waals surface area contributed by atoms with Gasteiger partial charge in [0.25, 0.3) is 0 Å². The number of rotatable bonds is 0. The minimum absolute atomic E-state index is 0.403. The van der Waals surface area contributed by atoms with Gasteiger partial charge in [0.1, 0.15) is 0 Å². The van der Waals surface area contributed by atoms with Crippen molar-refractivity contribution < 1.29 is 4.39 Å². The maximum atomic E-state index is 12.8. The number of pyridine rings is 1. The van der Waals surface area contributed by atoms with Crippen LogP contribution >= 0.6 is 0 Å². The van der Waals surface area contributed by atoms with Crippen LogP contribution in [0.25, 0.3) is 10.9 Å². The number of halogens is 1. The third-order valence-corrected chi connectivity index (χ3v) is 1.78. The molecule has 0 spiro atoms. The molecule has 2 aromatic rings. The van der Waals surface area contributed by atoms with Gasteiger partial charge in [-0.1, -0.05) is 0 Å². The number of nitrogens with one attached hydrogen (secondary N) is 1. The van der Waals surface area contributed by atoms with E-state index in [1.54, 1.807) is 13.1 Å². The highest BCUT2D eigenvalue weighted by molar-refractivity contribution is 5.81. The van der Waals surface area contributed by atoms with Gasteiger partial charge in [-0.05, 0) is 13.0 Å². The monoisotopic (exact) mass is 150 g/mol. The first-order valence-electron chi connectivity index (χ1n) is 3.37. The molecule has 0 aliphatic rings. The first-order valence-corrected chi connectivity index (χ1v) is 3.37. The molecule has 0 atom stereocenters. The molecule has 0 amide bonds. The molecule has 2 heterocycles. The van der Waals surface area contributed by atoms with E-state index in [1.807, 2.05) is 6.07 Å². The van der Waals surface area contributed by atoms with Crippen molar-refractivity contribution in [2.45, 2.75) is 6.92 Å². The van der Waals surface area contributed by atoms with Crippen LogP contribution in [0.2, 0.25) is 0 Å². The third kappa shape index (κ3) is 0.808.